The van der Waals surface area contributed by atoms with Gasteiger partial charge in [-0.15, -0.1) is 0 Å². The van der Waals surface area contributed by atoms with E-state index in [0.29, 0.717) is 19.0 Å². The first-order valence-electron chi connectivity index (χ1n) is 5.99. The number of nitrogens with zero attached hydrogens (tertiary/aromatic N) is 1. The Labute approximate surface area is 107 Å². The van der Waals surface area contributed by atoms with Crippen LogP contribution in [0.5, 0.6) is 0 Å². The van der Waals surface area contributed by atoms with Crippen LogP contribution in [0.25, 0.3) is 0 Å². The van der Waals surface area contributed by atoms with Crippen LogP contribution in [0.2, 0.25) is 0 Å². The number of benzene rings is 1. The summed E-state index contributed by atoms with van der Waals surface area (Å²) < 4.78 is 0. The molecule has 0 unspecified atom stereocenters. The molecule has 0 aliphatic heterocycles. The summed E-state index contributed by atoms with van der Waals surface area (Å²) in [5.41, 5.74) is 6.60. The smallest absolute Gasteiger partial charge is 0.222 e. The molecule has 0 heterocycles. The van der Waals surface area contributed by atoms with Crippen LogP contribution in [0.1, 0.15) is 13.8 Å². The van der Waals surface area contributed by atoms with Gasteiger partial charge in [0.25, 0.3) is 0 Å². The van der Waals surface area contributed by atoms with Crippen molar-refractivity contribution >= 4 is 17.6 Å². The predicted molar refractivity (Wildman–Crippen MR) is 74.4 cm³/mol. The van der Waals surface area contributed by atoms with Gasteiger partial charge >= 0.3 is 0 Å². The molecule has 0 fully saturated rings. The molecule has 98 valence electrons. The van der Waals surface area contributed by atoms with Gasteiger partial charge in [-0.3, -0.25) is 9.79 Å². The zero-order valence-electron chi connectivity index (χ0n) is 10.8. The lowest BCUT2D eigenvalue weighted by Gasteiger charge is -2.07. The van der Waals surface area contributed by atoms with Crippen LogP contribution >= 0.6 is 0 Å². The molecule has 1 amide bonds. The van der Waals surface area contributed by atoms with Crippen LogP contribution in [0.4, 0.5) is 5.69 Å². The second-order valence-corrected chi connectivity index (χ2v) is 4.20. The highest BCUT2D eigenvalue weighted by Gasteiger charge is 2.04. The average molecular weight is 248 g/mol. The zero-order chi connectivity index (χ0) is 13.4. The number of aliphatic imine (C=N–C) groups is 1. The summed E-state index contributed by atoms with van der Waals surface area (Å²) in [5.74, 6) is 0.369. The fraction of sp³-hybridized carbons (Fsp3) is 0.385. The predicted octanol–water partition coefficient (Wildman–Crippen LogP) is 1.19. The Balaban J connectivity index is 2.28. The molecule has 0 bridgehead atoms. The number of para-hydroxylation sites is 1. The van der Waals surface area contributed by atoms with E-state index in [1.54, 1.807) is 0 Å². The van der Waals surface area contributed by atoms with Crippen molar-refractivity contribution < 1.29 is 4.79 Å². The van der Waals surface area contributed by atoms with Crippen LogP contribution in [0, 0.1) is 5.92 Å². The summed E-state index contributed by atoms with van der Waals surface area (Å²) in [6, 6.07) is 9.57. The highest BCUT2D eigenvalue weighted by molar-refractivity contribution is 5.92. The van der Waals surface area contributed by atoms with Gasteiger partial charge in [-0.1, -0.05) is 32.0 Å². The minimum atomic E-state index is -0.00577. The van der Waals surface area contributed by atoms with E-state index in [1.807, 2.05) is 44.2 Å². The van der Waals surface area contributed by atoms with Crippen molar-refractivity contribution in [2.45, 2.75) is 13.8 Å². The summed E-state index contributed by atoms with van der Waals surface area (Å²) in [7, 11) is 0. The minimum Gasteiger partial charge on any atom is -0.370 e. The first kappa shape index (κ1) is 14.0. The molecule has 0 aromatic heterocycles. The molecule has 1 aromatic carbocycles. The number of anilines is 1. The lowest BCUT2D eigenvalue weighted by Crippen LogP contribution is -2.31. The van der Waals surface area contributed by atoms with Crippen molar-refractivity contribution in [1.82, 2.24) is 5.32 Å². The molecule has 0 saturated carbocycles. The van der Waals surface area contributed by atoms with Crippen LogP contribution < -0.4 is 16.4 Å². The summed E-state index contributed by atoms with van der Waals surface area (Å²) in [4.78, 5) is 15.4. The molecule has 18 heavy (non-hydrogen) atoms. The molecule has 4 N–H and O–H groups in total. The van der Waals surface area contributed by atoms with Gasteiger partial charge in [0.1, 0.15) is 0 Å². The quantitative estimate of drug-likeness (QED) is 0.416. The highest BCUT2D eigenvalue weighted by atomic mass is 16.1. The van der Waals surface area contributed by atoms with Crippen molar-refractivity contribution in [1.29, 1.82) is 0 Å². The molecule has 5 heteroatoms. The Hall–Kier alpha value is -2.04. The van der Waals surface area contributed by atoms with E-state index >= 15 is 0 Å². The van der Waals surface area contributed by atoms with E-state index in [9.17, 15) is 4.79 Å². The van der Waals surface area contributed by atoms with Crippen molar-refractivity contribution in [3.63, 3.8) is 0 Å². The van der Waals surface area contributed by atoms with Gasteiger partial charge in [0.15, 0.2) is 5.96 Å². The minimum absolute atomic E-state index is 0.00577. The zero-order valence-corrected chi connectivity index (χ0v) is 10.8. The summed E-state index contributed by atoms with van der Waals surface area (Å²) >= 11 is 0. The number of amides is 1. The van der Waals surface area contributed by atoms with E-state index in [0.717, 1.165) is 5.69 Å². The molecule has 1 aromatic rings. The van der Waals surface area contributed by atoms with Crippen LogP contribution in [-0.2, 0) is 4.79 Å². The Kier molecular flexibility index (Phi) is 5.70. The lowest BCUT2D eigenvalue weighted by atomic mass is 10.2. The SMILES string of the molecule is CC(C)C(=O)NCCN=C(N)Nc1ccccc1. The fourth-order valence-electron chi connectivity index (χ4n) is 1.27. The fourth-order valence-corrected chi connectivity index (χ4v) is 1.27. The maximum absolute atomic E-state index is 11.3. The normalized spacial score (nSPS) is 11.4. The van der Waals surface area contributed by atoms with Gasteiger partial charge in [0.2, 0.25) is 5.91 Å². The number of nitrogens with one attached hydrogen (secondary N) is 2. The molecule has 0 spiro atoms. The maximum atomic E-state index is 11.3. The average Bonchev–Trinajstić information content (AvgIpc) is 2.35. The van der Waals surface area contributed by atoms with E-state index < -0.39 is 0 Å². The number of carbonyl (C=O) groups is 1. The van der Waals surface area contributed by atoms with E-state index in [1.165, 1.54) is 0 Å². The largest absolute Gasteiger partial charge is 0.370 e. The van der Waals surface area contributed by atoms with Gasteiger partial charge < -0.3 is 16.4 Å². The van der Waals surface area contributed by atoms with Crippen LogP contribution in [0.15, 0.2) is 35.3 Å². The third-order valence-corrected chi connectivity index (χ3v) is 2.26. The molecule has 0 aliphatic rings. The molecular formula is C13H20N4O. The third kappa shape index (κ3) is 5.34. The molecule has 0 aliphatic carbocycles. The molecule has 0 atom stereocenters. The highest BCUT2D eigenvalue weighted by Crippen LogP contribution is 2.03. The Bertz CT molecular complexity index is 401. The Morgan fingerprint density at radius 2 is 2.00 bits per heavy atom. The molecule has 5 nitrogen and oxygen atoms in total. The number of hydrogen-bond donors (Lipinski definition) is 3. The van der Waals surface area contributed by atoms with Gasteiger partial charge in [-0.05, 0) is 12.1 Å². The molecule has 0 radical (unpaired) electrons. The van der Waals surface area contributed by atoms with E-state index in [2.05, 4.69) is 15.6 Å². The van der Waals surface area contributed by atoms with Gasteiger partial charge in [-0.2, -0.15) is 0 Å². The second-order valence-electron chi connectivity index (χ2n) is 4.20. The van der Waals surface area contributed by atoms with Crippen molar-refractivity contribution in [3.8, 4) is 0 Å². The van der Waals surface area contributed by atoms with E-state index in [4.69, 9.17) is 5.73 Å². The Morgan fingerprint density at radius 1 is 1.33 bits per heavy atom. The number of rotatable bonds is 5. The monoisotopic (exact) mass is 248 g/mol. The summed E-state index contributed by atoms with van der Waals surface area (Å²) in [6.45, 7) is 4.66. The van der Waals surface area contributed by atoms with Crippen molar-refractivity contribution in [3.05, 3.63) is 30.3 Å². The number of guanidine groups is 1. The van der Waals surface area contributed by atoms with Crippen LogP contribution in [-0.4, -0.2) is 25.0 Å². The van der Waals surface area contributed by atoms with Gasteiger partial charge in [0, 0.05) is 18.2 Å². The third-order valence-electron chi connectivity index (χ3n) is 2.26. The number of hydrogen-bond acceptors (Lipinski definition) is 2. The topological polar surface area (TPSA) is 79.5 Å². The van der Waals surface area contributed by atoms with Crippen molar-refractivity contribution in [2.75, 3.05) is 18.4 Å². The molecule has 1 rings (SSSR count). The number of nitrogens with two attached hydrogens (primary N) is 1. The Morgan fingerprint density at radius 3 is 2.61 bits per heavy atom. The standard InChI is InChI=1S/C13H20N4O/c1-10(2)12(18)15-8-9-16-13(14)17-11-6-4-3-5-7-11/h3-7,10H,8-9H2,1-2H3,(H,15,18)(H3,14,16,17). The summed E-state index contributed by atoms with van der Waals surface area (Å²) in [6.07, 6.45) is 0. The van der Waals surface area contributed by atoms with Crippen LogP contribution in [0.3, 0.4) is 0 Å². The molecular weight excluding hydrogens is 228 g/mol. The summed E-state index contributed by atoms with van der Waals surface area (Å²) in [5, 5.41) is 5.74. The second kappa shape index (κ2) is 7.32. The maximum Gasteiger partial charge on any atom is 0.222 e. The molecule has 0 saturated heterocycles. The first-order valence-corrected chi connectivity index (χ1v) is 5.99. The first-order chi connectivity index (χ1) is 8.59. The van der Waals surface area contributed by atoms with Crippen molar-refractivity contribution in [2.24, 2.45) is 16.6 Å². The number of carbonyl (C=O) groups excluding carboxylic acids is 1. The lowest BCUT2D eigenvalue weighted by molar-refractivity contribution is -0.123. The van der Waals surface area contributed by atoms with Gasteiger partial charge in [-0.25, -0.2) is 0 Å². The van der Waals surface area contributed by atoms with Gasteiger partial charge in [0.05, 0.1) is 6.54 Å². The van der Waals surface area contributed by atoms with E-state index in [-0.39, 0.29) is 11.8 Å².